The van der Waals surface area contributed by atoms with Crippen LogP contribution in [0.1, 0.15) is 374 Å². The van der Waals surface area contributed by atoms with E-state index >= 15 is 0 Å². The number of rotatable bonds is 66. The Bertz CT molecular complexity index is 1500. The Kier molecular flexibility index (Phi) is 67.6. The van der Waals surface area contributed by atoms with E-state index in [-0.39, 0.29) is 31.1 Å². The summed E-state index contributed by atoms with van der Waals surface area (Å²) >= 11 is 0. The van der Waals surface area contributed by atoms with Crippen molar-refractivity contribution in [2.75, 3.05) is 13.2 Å². The fraction of sp³-hybridized carbons (Fsp3) is 0.803. The molecule has 0 rings (SSSR count). The molecule has 1 unspecified atom stereocenters. The maximum atomic E-state index is 12.9. The molecule has 0 amide bonds. The number of esters is 3. The van der Waals surface area contributed by atoms with Gasteiger partial charge in [-0.3, -0.25) is 14.4 Å². The Morgan fingerprint density at radius 3 is 0.756 bits per heavy atom. The molecule has 0 saturated heterocycles. The van der Waals surface area contributed by atoms with Gasteiger partial charge in [-0.2, -0.15) is 0 Å². The van der Waals surface area contributed by atoms with Crippen LogP contribution in [0.3, 0.4) is 0 Å². The summed E-state index contributed by atoms with van der Waals surface area (Å²) in [6, 6.07) is 0. The third kappa shape index (κ3) is 67.6. The lowest BCUT2D eigenvalue weighted by molar-refractivity contribution is -0.167. The van der Waals surface area contributed by atoms with E-state index < -0.39 is 6.10 Å². The fourth-order valence-corrected chi connectivity index (χ4v) is 10.6. The summed E-state index contributed by atoms with van der Waals surface area (Å²) in [5.41, 5.74) is 0. The van der Waals surface area contributed by atoms with Gasteiger partial charge in [0.1, 0.15) is 13.2 Å². The van der Waals surface area contributed by atoms with Crippen LogP contribution in [0.15, 0.2) is 72.9 Å². The first kappa shape index (κ1) is 78.8. The zero-order valence-corrected chi connectivity index (χ0v) is 54.8. The van der Waals surface area contributed by atoms with Crippen LogP contribution >= 0.6 is 0 Å². The molecule has 0 aromatic carbocycles. The second kappa shape index (κ2) is 70.3. The van der Waals surface area contributed by atoms with Crippen molar-refractivity contribution in [2.24, 2.45) is 0 Å². The Morgan fingerprint density at radius 1 is 0.256 bits per heavy atom. The highest BCUT2D eigenvalue weighted by Gasteiger charge is 2.19. The first-order valence-electron chi connectivity index (χ1n) is 35.9. The lowest BCUT2D eigenvalue weighted by atomic mass is 10.0. The van der Waals surface area contributed by atoms with Crippen molar-refractivity contribution in [3.05, 3.63) is 72.9 Å². The second-order valence-corrected chi connectivity index (χ2v) is 24.1. The Balaban J connectivity index is 4.16. The van der Waals surface area contributed by atoms with E-state index in [2.05, 4.69) is 93.7 Å². The van der Waals surface area contributed by atoms with E-state index in [9.17, 15) is 14.4 Å². The van der Waals surface area contributed by atoms with E-state index in [0.29, 0.717) is 19.3 Å². The third-order valence-electron chi connectivity index (χ3n) is 15.9. The molecule has 0 N–H and O–H groups in total. The highest BCUT2D eigenvalue weighted by molar-refractivity contribution is 5.71. The molecule has 0 bridgehead atoms. The molecule has 0 aromatic rings. The van der Waals surface area contributed by atoms with Gasteiger partial charge in [-0.05, 0) is 89.9 Å². The molecule has 0 spiro atoms. The summed E-state index contributed by atoms with van der Waals surface area (Å²) < 4.78 is 16.9. The zero-order chi connectivity index (χ0) is 59.2. The average Bonchev–Trinajstić information content (AvgIpc) is 3.47. The van der Waals surface area contributed by atoms with Crippen LogP contribution in [-0.2, 0) is 28.6 Å². The van der Waals surface area contributed by atoms with E-state index in [1.54, 1.807) is 0 Å². The largest absolute Gasteiger partial charge is 0.462 e. The van der Waals surface area contributed by atoms with Crippen LogP contribution in [0.4, 0.5) is 0 Å². The number of allylic oxidation sites excluding steroid dienone is 12. The van der Waals surface area contributed by atoms with Gasteiger partial charge in [-0.15, -0.1) is 0 Å². The minimum atomic E-state index is -0.785. The highest BCUT2D eigenvalue weighted by Crippen LogP contribution is 2.18. The van der Waals surface area contributed by atoms with Crippen LogP contribution < -0.4 is 0 Å². The van der Waals surface area contributed by atoms with Crippen molar-refractivity contribution in [1.29, 1.82) is 0 Å². The van der Waals surface area contributed by atoms with E-state index in [4.69, 9.17) is 14.2 Å². The van der Waals surface area contributed by atoms with Gasteiger partial charge in [0.2, 0.25) is 0 Å². The van der Waals surface area contributed by atoms with Gasteiger partial charge in [0.05, 0.1) is 0 Å². The highest BCUT2D eigenvalue weighted by atomic mass is 16.6. The van der Waals surface area contributed by atoms with Crippen LogP contribution in [0.25, 0.3) is 0 Å². The van der Waals surface area contributed by atoms with E-state index in [1.165, 1.54) is 238 Å². The number of carbonyl (C=O) groups excluding carboxylic acids is 3. The van der Waals surface area contributed by atoms with Gasteiger partial charge in [0.15, 0.2) is 6.10 Å². The smallest absolute Gasteiger partial charge is 0.306 e. The molecule has 0 fully saturated rings. The first-order valence-corrected chi connectivity index (χ1v) is 35.9. The third-order valence-corrected chi connectivity index (χ3v) is 15.9. The lowest BCUT2D eigenvalue weighted by Crippen LogP contribution is -2.30. The molecule has 6 heteroatoms. The summed E-state index contributed by atoms with van der Waals surface area (Å²) in [5.74, 6) is -0.888. The SMILES string of the molecule is CC/C=C\C/C=C\C/C=C\CCCCCC(=O)OCC(COC(=O)CCCCCCCCCCCCCCCCCCCC/C=C\C/C=C\C/C=C\CCCCCCC)OC(=O)CCCCCCCCCCCCCCCCCCCC. The predicted molar refractivity (Wildman–Crippen MR) is 358 cm³/mol. The van der Waals surface area contributed by atoms with Crippen molar-refractivity contribution < 1.29 is 28.6 Å². The molecule has 6 nitrogen and oxygen atoms in total. The first-order chi connectivity index (χ1) is 40.5. The normalized spacial score (nSPS) is 12.5. The van der Waals surface area contributed by atoms with Crippen LogP contribution in [0.2, 0.25) is 0 Å². The summed E-state index contributed by atoms with van der Waals surface area (Å²) in [6.45, 7) is 6.55. The summed E-state index contributed by atoms with van der Waals surface area (Å²) in [4.78, 5) is 38.4. The van der Waals surface area contributed by atoms with E-state index in [0.717, 1.165) is 96.3 Å². The summed E-state index contributed by atoms with van der Waals surface area (Å²) in [5, 5.41) is 0. The number of carbonyl (C=O) groups is 3. The molecule has 0 heterocycles. The molecule has 0 aliphatic carbocycles. The zero-order valence-electron chi connectivity index (χ0n) is 54.8. The second-order valence-electron chi connectivity index (χ2n) is 24.1. The molecule has 0 aromatic heterocycles. The Hall–Kier alpha value is -3.15. The van der Waals surface area contributed by atoms with Gasteiger partial charge >= 0.3 is 17.9 Å². The van der Waals surface area contributed by atoms with Crippen LogP contribution in [-0.4, -0.2) is 37.2 Å². The molecule has 82 heavy (non-hydrogen) atoms. The predicted octanol–water partition coefficient (Wildman–Crippen LogP) is 24.8. The Labute approximate surface area is 510 Å². The van der Waals surface area contributed by atoms with Crippen molar-refractivity contribution in [3.8, 4) is 0 Å². The minimum absolute atomic E-state index is 0.0799. The van der Waals surface area contributed by atoms with Crippen molar-refractivity contribution >= 4 is 17.9 Å². The maximum absolute atomic E-state index is 12.9. The van der Waals surface area contributed by atoms with Crippen molar-refractivity contribution in [3.63, 3.8) is 0 Å². The van der Waals surface area contributed by atoms with Gasteiger partial charge in [0.25, 0.3) is 0 Å². The number of unbranched alkanes of at least 4 members (excludes halogenated alkanes) is 43. The molecule has 0 aliphatic heterocycles. The monoisotopic (exact) mass is 1150 g/mol. The fourth-order valence-electron chi connectivity index (χ4n) is 10.6. The number of ether oxygens (including phenoxy) is 3. The molecule has 0 aliphatic rings. The summed E-state index contributed by atoms with van der Waals surface area (Å²) in [7, 11) is 0. The molecule has 0 radical (unpaired) electrons. The quantitative estimate of drug-likeness (QED) is 0.0261. The molecule has 1 atom stereocenters. The topological polar surface area (TPSA) is 78.9 Å². The van der Waals surface area contributed by atoms with Gasteiger partial charge in [-0.25, -0.2) is 0 Å². The van der Waals surface area contributed by atoms with Crippen molar-refractivity contribution in [2.45, 2.75) is 380 Å². The van der Waals surface area contributed by atoms with E-state index in [1.807, 2.05) is 0 Å². The molecular formula is C76H136O6. The van der Waals surface area contributed by atoms with Gasteiger partial charge in [-0.1, -0.05) is 338 Å². The molecular weight excluding hydrogens is 1010 g/mol. The maximum Gasteiger partial charge on any atom is 0.306 e. The Morgan fingerprint density at radius 2 is 0.476 bits per heavy atom. The van der Waals surface area contributed by atoms with Gasteiger partial charge in [0, 0.05) is 19.3 Å². The standard InChI is InChI=1S/C76H136O6/c1-4-7-10-13-16-19-22-25-27-29-31-32-33-34-35-36-37-38-39-40-41-42-43-44-45-47-48-51-54-57-60-63-66-69-75(78)81-72-73(71-80-74(77)68-65-62-59-56-53-50-24-21-18-15-12-9-6-3)82-76(79)70-67-64-61-58-55-52-49-46-30-28-26-23-20-17-14-11-8-5-2/h9,12,18,21-22,25,29,31,33-34,50,53,73H,4-8,10-11,13-17,19-20,23-24,26-28,30,32,35-49,51-52,54-72H2,1-3H3/b12-9-,21-18-,25-22-,31-29-,34-33-,53-50-. The molecule has 476 valence electrons. The minimum Gasteiger partial charge on any atom is -0.462 e. The average molecular weight is 1150 g/mol. The van der Waals surface area contributed by atoms with Crippen LogP contribution in [0.5, 0.6) is 0 Å². The molecule has 0 saturated carbocycles. The van der Waals surface area contributed by atoms with Crippen LogP contribution in [0, 0.1) is 0 Å². The number of hydrogen-bond donors (Lipinski definition) is 0. The van der Waals surface area contributed by atoms with Crippen molar-refractivity contribution in [1.82, 2.24) is 0 Å². The number of hydrogen-bond acceptors (Lipinski definition) is 6. The lowest BCUT2D eigenvalue weighted by Gasteiger charge is -2.18. The summed E-state index contributed by atoms with van der Waals surface area (Å²) in [6.07, 6.45) is 92.4. The van der Waals surface area contributed by atoms with Gasteiger partial charge < -0.3 is 14.2 Å².